The minimum Gasteiger partial charge on any atom is -0.370 e. The summed E-state index contributed by atoms with van der Waals surface area (Å²) < 4.78 is 37.8. The molecule has 0 saturated heterocycles. The molecule has 0 heterocycles. The van der Waals surface area contributed by atoms with Crippen LogP contribution in [0.25, 0.3) is 0 Å². The lowest BCUT2D eigenvalue weighted by Gasteiger charge is -2.29. The fourth-order valence-electron chi connectivity index (χ4n) is 2.21. The minimum absolute atomic E-state index is 0.0190. The molecular weight excluding hydrogens is 243 g/mol. The molecule has 0 spiro atoms. The van der Waals surface area contributed by atoms with Crippen LogP contribution in [0.5, 0.6) is 0 Å². The Labute approximate surface area is 105 Å². The van der Waals surface area contributed by atoms with E-state index in [2.05, 4.69) is 16.9 Å². The molecule has 1 rings (SSSR count). The van der Waals surface area contributed by atoms with Gasteiger partial charge < -0.3 is 11.1 Å². The first-order valence-corrected chi connectivity index (χ1v) is 6.15. The predicted octanol–water partition coefficient (Wildman–Crippen LogP) is 2.45. The van der Waals surface area contributed by atoms with Crippen LogP contribution in [-0.4, -0.2) is 25.2 Å². The number of alkyl halides is 3. The average Bonchev–Trinajstić information content (AvgIpc) is 2.33. The van der Waals surface area contributed by atoms with E-state index in [0.29, 0.717) is 19.5 Å². The van der Waals surface area contributed by atoms with Gasteiger partial charge in [0.1, 0.15) is 0 Å². The first kappa shape index (κ1) is 14.9. The standard InChI is InChI=1S/C12H20F3N3/c1-2-6-17-11(16)18-8-9-4-3-5-10(7-9)12(13,14)15/h2,9-10H,1,3-8H2,(H3,16,17,18). The molecule has 2 unspecified atom stereocenters. The molecule has 0 radical (unpaired) electrons. The maximum Gasteiger partial charge on any atom is 0.391 e. The van der Waals surface area contributed by atoms with Crippen molar-refractivity contribution >= 4 is 5.96 Å². The topological polar surface area (TPSA) is 50.4 Å². The van der Waals surface area contributed by atoms with E-state index in [9.17, 15) is 13.2 Å². The van der Waals surface area contributed by atoms with Gasteiger partial charge in [-0.15, -0.1) is 6.58 Å². The lowest BCUT2D eigenvalue weighted by atomic mass is 9.81. The Morgan fingerprint density at radius 1 is 1.44 bits per heavy atom. The predicted molar refractivity (Wildman–Crippen MR) is 66.2 cm³/mol. The zero-order chi connectivity index (χ0) is 13.6. The highest BCUT2D eigenvalue weighted by molar-refractivity contribution is 5.77. The molecule has 0 aliphatic heterocycles. The van der Waals surface area contributed by atoms with Crippen molar-refractivity contribution in [3.8, 4) is 0 Å². The lowest BCUT2D eigenvalue weighted by molar-refractivity contribution is -0.185. The second-order valence-corrected chi connectivity index (χ2v) is 4.67. The minimum atomic E-state index is -4.07. The van der Waals surface area contributed by atoms with Crippen LogP contribution in [-0.2, 0) is 0 Å². The third-order valence-electron chi connectivity index (χ3n) is 3.19. The number of halogens is 3. The summed E-state index contributed by atoms with van der Waals surface area (Å²) in [5.41, 5.74) is 5.57. The van der Waals surface area contributed by atoms with Gasteiger partial charge in [0.15, 0.2) is 5.96 Å². The van der Waals surface area contributed by atoms with E-state index < -0.39 is 12.1 Å². The van der Waals surface area contributed by atoms with Crippen molar-refractivity contribution in [2.75, 3.05) is 13.1 Å². The fourth-order valence-corrected chi connectivity index (χ4v) is 2.21. The Kier molecular flexibility index (Phi) is 5.50. The first-order chi connectivity index (χ1) is 8.43. The highest BCUT2D eigenvalue weighted by atomic mass is 19.4. The van der Waals surface area contributed by atoms with Gasteiger partial charge in [-0.2, -0.15) is 13.2 Å². The summed E-state index contributed by atoms with van der Waals surface area (Å²) in [4.78, 5) is 4.07. The van der Waals surface area contributed by atoms with Crippen LogP contribution < -0.4 is 11.1 Å². The average molecular weight is 263 g/mol. The smallest absolute Gasteiger partial charge is 0.370 e. The number of rotatable bonds is 4. The number of nitrogens with one attached hydrogen (secondary N) is 1. The zero-order valence-electron chi connectivity index (χ0n) is 10.3. The Bertz CT molecular complexity index is 299. The van der Waals surface area contributed by atoms with Crippen molar-refractivity contribution in [2.24, 2.45) is 22.6 Å². The summed E-state index contributed by atoms with van der Waals surface area (Å²) in [5.74, 6) is -0.924. The molecule has 1 fully saturated rings. The number of hydrogen-bond acceptors (Lipinski definition) is 1. The maximum absolute atomic E-state index is 12.6. The van der Waals surface area contributed by atoms with E-state index in [-0.39, 0.29) is 24.7 Å². The number of guanidine groups is 1. The van der Waals surface area contributed by atoms with Gasteiger partial charge in [0.2, 0.25) is 0 Å². The van der Waals surface area contributed by atoms with Gasteiger partial charge in [-0.25, -0.2) is 0 Å². The van der Waals surface area contributed by atoms with E-state index >= 15 is 0 Å². The molecule has 0 bridgehead atoms. The van der Waals surface area contributed by atoms with Crippen LogP contribution in [0.15, 0.2) is 17.6 Å². The van der Waals surface area contributed by atoms with Crippen molar-refractivity contribution < 1.29 is 13.2 Å². The van der Waals surface area contributed by atoms with Crippen LogP contribution >= 0.6 is 0 Å². The SMILES string of the molecule is C=CCNC(N)=NCC1CCCC(C(F)(F)F)C1. The molecule has 3 nitrogen and oxygen atoms in total. The summed E-state index contributed by atoms with van der Waals surface area (Å²) in [6.45, 7) is 4.39. The third kappa shape index (κ3) is 4.98. The molecule has 0 amide bonds. The maximum atomic E-state index is 12.6. The monoisotopic (exact) mass is 263 g/mol. The van der Waals surface area contributed by atoms with Crippen LogP contribution in [0, 0.1) is 11.8 Å². The molecule has 2 atom stereocenters. The molecule has 6 heteroatoms. The molecule has 1 saturated carbocycles. The molecular formula is C12H20F3N3. The number of hydrogen-bond donors (Lipinski definition) is 2. The molecule has 0 aromatic rings. The van der Waals surface area contributed by atoms with Crippen molar-refractivity contribution in [1.29, 1.82) is 0 Å². The van der Waals surface area contributed by atoms with Crippen molar-refractivity contribution in [3.05, 3.63) is 12.7 Å². The third-order valence-corrected chi connectivity index (χ3v) is 3.19. The summed E-state index contributed by atoms with van der Waals surface area (Å²) in [6.07, 6.45) is -0.609. The fraction of sp³-hybridized carbons (Fsp3) is 0.750. The van der Waals surface area contributed by atoms with E-state index in [1.807, 2.05) is 0 Å². The number of aliphatic imine (C=N–C) groups is 1. The molecule has 0 aromatic carbocycles. The van der Waals surface area contributed by atoms with Gasteiger partial charge in [-0.1, -0.05) is 12.5 Å². The second-order valence-electron chi connectivity index (χ2n) is 4.67. The summed E-state index contributed by atoms with van der Waals surface area (Å²) in [5, 5.41) is 2.80. The van der Waals surface area contributed by atoms with Crippen molar-refractivity contribution in [1.82, 2.24) is 5.32 Å². The van der Waals surface area contributed by atoms with Gasteiger partial charge in [0, 0.05) is 13.1 Å². The first-order valence-electron chi connectivity index (χ1n) is 6.15. The normalized spacial score (nSPS) is 25.8. The van der Waals surface area contributed by atoms with Crippen molar-refractivity contribution in [2.45, 2.75) is 31.9 Å². The molecule has 3 N–H and O–H groups in total. The summed E-state index contributed by atoms with van der Waals surface area (Å²) in [6, 6.07) is 0. The number of nitrogens with zero attached hydrogens (tertiary/aromatic N) is 1. The molecule has 18 heavy (non-hydrogen) atoms. The van der Waals surface area contributed by atoms with E-state index in [1.165, 1.54) is 0 Å². The van der Waals surface area contributed by atoms with Gasteiger partial charge in [0.05, 0.1) is 5.92 Å². The second kappa shape index (κ2) is 6.66. The van der Waals surface area contributed by atoms with E-state index in [4.69, 9.17) is 5.73 Å². The Balaban J connectivity index is 2.41. The largest absolute Gasteiger partial charge is 0.391 e. The van der Waals surface area contributed by atoms with Gasteiger partial charge in [0.25, 0.3) is 0 Å². The van der Waals surface area contributed by atoms with E-state index in [1.54, 1.807) is 6.08 Å². The van der Waals surface area contributed by atoms with Crippen LogP contribution in [0.3, 0.4) is 0 Å². The Morgan fingerprint density at radius 2 is 2.17 bits per heavy atom. The van der Waals surface area contributed by atoms with Gasteiger partial charge >= 0.3 is 6.18 Å². The highest BCUT2D eigenvalue weighted by Gasteiger charge is 2.41. The summed E-state index contributed by atoms with van der Waals surface area (Å²) in [7, 11) is 0. The Morgan fingerprint density at radius 3 is 2.78 bits per heavy atom. The van der Waals surface area contributed by atoms with E-state index in [0.717, 1.165) is 6.42 Å². The van der Waals surface area contributed by atoms with Gasteiger partial charge in [-0.3, -0.25) is 4.99 Å². The molecule has 1 aliphatic rings. The quantitative estimate of drug-likeness (QED) is 0.465. The van der Waals surface area contributed by atoms with Gasteiger partial charge in [-0.05, 0) is 25.2 Å². The van der Waals surface area contributed by atoms with Crippen LogP contribution in [0.4, 0.5) is 13.2 Å². The summed E-state index contributed by atoms with van der Waals surface area (Å²) >= 11 is 0. The van der Waals surface area contributed by atoms with Crippen LogP contribution in [0.2, 0.25) is 0 Å². The highest BCUT2D eigenvalue weighted by Crippen LogP contribution is 2.39. The van der Waals surface area contributed by atoms with Crippen molar-refractivity contribution in [3.63, 3.8) is 0 Å². The Hall–Kier alpha value is -1.20. The molecule has 1 aliphatic carbocycles. The lowest BCUT2D eigenvalue weighted by Crippen LogP contribution is -2.33. The van der Waals surface area contributed by atoms with Crippen LogP contribution in [0.1, 0.15) is 25.7 Å². The molecule has 104 valence electrons. The zero-order valence-corrected chi connectivity index (χ0v) is 10.3. The number of nitrogens with two attached hydrogens (primary N) is 1. The molecule has 0 aromatic heterocycles.